The van der Waals surface area contributed by atoms with Crippen LogP contribution in [-0.2, 0) is 19.2 Å². The number of carbonyl (C=O) groups is 4. The minimum Gasteiger partial charge on any atom is -0.480 e. The van der Waals surface area contributed by atoms with Gasteiger partial charge in [-0.25, -0.2) is 4.79 Å². The third-order valence-electron chi connectivity index (χ3n) is 4.77. The predicted molar refractivity (Wildman–Crippen MR) is 69.4 cm³/mol. The highest BCUT2D eigenvalue weighted by atomic mass is 16.4. The Bertz CT molecular complexity index is 540. The fourth-order valence-electron chi connectivity index (χ4n) is 3.87. The highest BCUT2D eigenvalue weighted by Crippen LogP contribution is 2.52. The lowest BCUT2D eigenvalue weighted by Crippen LogP contribution is -2.46. The van der Waals surface area contributed by atoms with Crippen molar-refractivity contribution >= 4 is 23.7 Å². The van der Waals surface area contributed by atoms with Crippen LogP contribution in [-0.4, -0.2) is 39.7 Å². The lowest BCUT2D eigenvalue weighted by atomic mass is 9.85. The number of imide groups is 1. The van der Waals surface area contributed by atoms with Gasteiger partial charge in [0.2, 0.25) is 17.7 Å². The van der Waals surface area contributed by atoms with Gasteiger partial charge < -0.3 is 10.8 Å². The lowest BCUT2D eigenvalue weighted by molar-refractivity contribution is -0.156. The van der Waals surface area contributed by atoms with Crippen LogP contribution in [0.5, 0.6) is 0 Å². The molecule has 3 N–H and O–H groups in total. The van der Waals surface area contributed by atoms with E-state index < -0.39 is 41.6 Å². The summed E-state index contributed by atoms with van der Waals surface area (Å²) in [5, 5.41) is 9.28. The summed E-state index contributed by atoms with van der Waals surface area (Å²) in [6, 6.07) is -1.30. The number of aliphatic carboxylic acids is 1. The maximum absolute atomic E-state index is 12.5. The number of hydrogen-bond donors (Lipinski definition) is 2. The van der Waals surface area contributed by atoms with E-state index in [0.29, 0.717) is 0 Å². The molecule has 1 saturated carbocycles. The highest BCUT2D eigenvalue weighted by molar-refractivity contribution is 6.08. The zero-order chi connectivity index (χ0) is 15.3. The predicted octanol–water partition coefficient (Wildman–Crippen LogP) is -0.488. The summed E-state index contributed by atoms with van der Waals surface area (Å²) in [5.41, 5.74) is 5.02. The first-order valence-electron chi connectivity index (χ1n) is 6.98. The van der Waals surface area contributed by atoms with Crippen molar-refractivity contribution in [2.24, 2.45) is 29.4 Å². The molecule has 2 bridgehead atoms. The molecule has 3 rings (SSSR count). The van der Waals surface area contributed by atoms with Gasteiger partial charge in [0.1, 0.15) is 6.04 Å². The molecule has 1 saturated heterocycles. The van der Waals surface area contributed by atoms with Gasteiger partial charge >= 0.3 is 5.97 Å². The summed E-state index contributed by atoms with van der Waals surface area (Å²) in [7, 11) is 0. The Morgan fingerprint density at radius 1 is 1.24 bits per heavy atom. The van der Waals surface area contributed by atoms with E-state index in [1.54, 1.807) is 0 Å². The molecule has 1 aliphatic heterocycles. The van der Waals surface area contributed by atoms with Gasteiger partial charge in [-0.15, -0.1) is 0 Å². The van der Waals surface area contributed by atoms with Crippen LogP contribution in [0.2, 0.25) is 0 Å². The summed E-state index contributed by atoms with van der Waals surface area (Å²) in [6.45, 7) is 0. The van der Waals surface area contributed by atoms with E-state index >= 15 is 0 Å². The Balaban J connectivity index is 1.85. The topological polar surface area (TPSA) is 118 Å². The molecule has 2 fully saturated rings. The molecule has 7 heteroatoms. The quantitative estimate of drug-likeness (QED) is 0.524. The summed E-state index contributed by atoms with van der Waals surface area (Å²) in [5.74, 6) is -3.55. The second-order valence-corrected chi connectivity index (χ2v) is 5.91. The van der Waals surface area contributed by atoms with Gasteiger partial charge in [0.05, 0.1) is 11.8 Å². The minimum atomic E-state index is -1.30. The van der Waals surface area contributed by atoms with E-state index in [2.05, 4.69) is 0 Å². The van der Waals surface area contributed by atoms with E-state index in [1.165, 1.54) is 0 Å². The number of amides is 3. The lowest BCUT2D eigenvalue weighted by Gasteiger charge is -2.24. The fraction of sp³-hybridized carbons (Fsp3) is 0.571. The van der Waals surface area contributed by atoms with Crippen LogP contribution in [0, 0.1) is 23.7 Å². The normalized spacial score (nSPS) is 34.4. The molecule has 112 valence electrons. The van der Waals surface area contributed by atoms with E-state index in [4.69, 9.17) is 5.73 Å². The summed E-state index contributed by atoms with van der Waals surface area (Å²) in [6.07, 6.45) is 4.37. The Morgan fingerprint density at radius 2 is 1.76 bits per heavy atom. The number of carboxylic acids is 1. The molecule has 5 atom stereocenters. The molecular weight excluding hydrogens is 276 g/mol. The Hall–Kier alpha value is -2.18. The number of carbonyl (C=O) groups excluding carboxylic acids is 3. The SMILES string of the molecule is NC(=O)CCC(C(=O)O)N1C(=O)C2C3C=CC(C3)C2C1=O. The molecular formula is C14H16N2O5. The van der Waals surface area contributed by atoms with Gasteiger partial charge in [-0.3, -0.25) is 19.3 Å². The smallest absolute Gasteiger partial charge is 0.326 e. The van der Waals surface area contributed by atoms with Crippen LogP contribution in [0.15, 0.2) is 12.2 Å². The number of allylic oxidation sites excluding steroid dienone is 2. The van der Waals surface area contributed by atoms with Gasteiger partial charge in [-0.2, -0.15) is 0 Å². The summed E-state index contributed by atoms with van der Waals surface area (Å²) in [4.78, 5) is 48.0. The number of carboxylic acid groups (broad SMARTS) is 1. The van der Waals surface area contributed by atoms with Gasteiger partial charge in [0.25, 0.3) is 0 Å². The van der Waals surface area contributed by atoms with E-state index in [1.807, 2.05) is 12.2 Å². The van der Waals surface area contributed by atoms with Gasteiger partial charge in [-0.1, -0.05) is 12.2 Å². The zero-order valence-electron chi connectivity index (χ0n) is 11.3. The maximum atomic E-state index is 12.5. The number of nitrogens with zero attached hydrogens (tertiary/aromatic N) is 1. The van der Waals surface area contributed by atoms with Crippen molar-refractivity contribution < 1.29 is 24.3 Å². The van der Waals surface area contributed by atoms with Gasteiger partial charge in [-0.05, 0) is 24.7 Å². The fourth-order valence-corrected chi connectivity index (χ4v) is 3.87. The van der Waals surface area contributed by atoms with Gasteiger partial charge in [0, 0.05) is 6.42 Å². The Morgan fingerprint density at radius 3 is 2.19 bits per heavy atom. The summed E-state index contributed by atoms with van der Waals surface area (Å²) >= 11 is 0. The monoisotopic (exact) mass is 292 g/mol. The van der Waals surface area contributed by atoms with Gasteiger partial charge in [0.15, 0.2) is 0 Å². The minimum absolute atomic E-state index is 0.0343. The standard InChI is InChI=1S/C14H16N2O5/c15-9(17)4-3-8(14(20)21)16-12(18)10-6-1-2-7(5-6)11(10)13(16)19/h1-2,6-8,10-11H,3-5H2,(H2,15,17)(H,20,21). The third-order valence-corrected chi connectivity index (χ3v) is 4.77. The molecule has 0 spiro atoms. The molecule has 3 aliphatic rings. The Labute approximate surface area is 120 Å². The zero-order valence-corrected chi connectivity index (χ0v) is 11.3. The molecule has 0 aromatic carbocycles. The van der Waals surface area contributed by atoms with Crippen molar-refractivity contribution in [1.82, 2.24) is 4.90 Å². The van der Waals surface area contributed by atoms with Crippen molar-refractivity contribution in [3.05, 3.63) is 12.2 Å². The molecule has 1 heterocycles. The second kappa shape index (κ2) is 4.68. The van der Waals surface area contributed by atoms with Crippen molar-refractivity contribution in [1.29, 1.82) is 0 Å². The van der Waals surface area contributed by atoms with Crippen molar-refractivity contribution in [3.63, 3.8) is 0 Å². The number of likely N-dealkylation sites (tertiary alicyclic amines) is 1. The number of rotatable bonds is 5. The molecule has 7 nitrogen and oxygen atoms in total. The largest absolute Gasteiger partial charge is 0.480 e. The van der Waals surface area contributed by atoms with Crippen molar-refractivity contribution in [3.8, 4) is 0 Å². The van der Waals surface area contributed by atoms with E-state index in [9.17, 15) is 24.3 Å². The molecule has 0 aromatic heterocycles. The first-order chi connectivity index (χ1) is 9.91. The van der Waals surface area contributed by atoms with Crippen LogP contribution < -0.4 is 5.73 Å². The van der Waals surface area contributed by atoms with Crippen LogP contribution in [0.4, 0.5) is 0 Å². The van der Waals surface area contributed by atoms with Crippen LogP contribution in [0.25, 0.3) is 0 Å². The maximum Gasteiger partial charge on any atom is 0.326 e. The third kappa shape index (κ3) is 1.95. The average molecular weight is 292 g/mol. The molecule has 5 unspecified atom stereocenters. The number of nitrogens with two attached hydrogens (primary N) is 1. The van der Waals surface area contributed by atoms with Crippen LogP contribution in [0.1, 0.15) is 19.3 Å². The molecule has 3 amide bonds. The first kappa shape index (κ1) is 13.8. The van der Waals surface area contributed by atoms with Crippen molar-refractivity contribution in [2.45, 2.75) is 25.3 Å². The molecule has 0 radical (unpaired) electrons. The molecule has 21 heavy (non-hydrogen) atoms. The highest BCUT2D eigenvalue weighted by Gasteiger charge is 2.61. The van der Waals surface area contributed by atoms with E-state index in [-0.39, 0.29) is 24.7 Å². The first-order valence-corrected chi connectivity index (χ1v) is 6.98. The summed E-state index contributed by atoms with van der Waals surface area (Å²) < 4.78 is 0. The molecule has 0 aromatic rings. The second-order valence-electron chi connectivity index (χ2n) is 5.91. The average Bonchev–Trinajstić information content (AvgIpc) is 3.06. The Kier molecular flexibility index (Phi) is 3.07. The molecule has 2 aliphatic carbocycles. The van der Waals surface area contributed by atoms with Crippen LogP contribution >= 0.6 is 0 Å². The number of fused-ring (bicyclic) bond motifs is 5. The number of hydrogen-bond acceptors (Lipinski definition) is 4. The van der Waals surface area contributed by atoms with Crippen LogP contribution in [0.3, 0.4) is 0 Å². The van der Waals surface area contributed by atoms with Crippen molar-refractivity contribution in [2.75, 3.05) is 0 Å². The number of primary amides is 1. The van der Waals surface area contributed by atoms with E-state index in [0.717, 1.165) is 11.3 Å².